The minimum atomic E-state index is -3.15. The molecule has 0 bridgehead atoms. The van der Waals surface area contributed by atoms with Crippen molar-refractivity contribution >= 4 is 17.4 Å². The Morgan fingerprint density at radius 2 is 1.83 bits per heavy atom. The average Bonchev–Trinajstić information content (AvgIpc) is 3.62. The van der Waals surface area contributed by atoms with E-state index in [1.54, 1.807) is 24.3 Å². The fourth-order valence-electron chi connectivity index (χ4n) is 3.76. The van der Waals surface area contributed by atoms with Crippen LogP contribution in [0.4, 0.5) is 13.2 Å². The van der Waals surface area contributed by atoms with Gasteiger partial charge < -0.3 is 0 Å². The summed E-state index contributed by atoms with van der Waals surface area (Å²) in [5.74, 6) is -3.53. The summed E-state index contributed by atoms with van der Waals surface area (Å²) in [4.78, 5) is 35.7. The molecule has 0 unspecified atom stereocenters. The number of nitrogens with zero attached hydrogens (tertiary/aromatic N) is 2. The van der Waals surface area contributed by atoms with Crippen LogP contribution in [-0.2, 0) is 11.2 Å². The summed E-state index contributed by atoms with van der Waals surface area (Å²) in [6.45, 7) is 3.21. The molecule has 1 aliphatic carbocycles. The Balaban J connectivity index is 1.63. The Kier molecular flexibility index (Phi) is 6.62. The Morgan fingerprint density at radius 3 is 2.49 bits per heavy atom. The number of H-pyrrole nitrogens is 1. The van der Waals surface area contributed by atoms with Gasteiger partial charge in [-0.25, -0.2) is 22.9 Å². The van der Waals surface area contributed by atoms with E-state index in [1.165, 1.54) is 26.0 Å². The molecule has 0 saturated heterocycles. The predicted octanol–water partition coefficient (Wildman–Crippen LogP) is 6.35. The van der Waals surface area contributed by atoms with Gasteiger partial charge in [0, 0.05) is 24.5 Å². The van der Waals surface area contributed by atoms with E-state index in [-0.39, 0.29) is 36.2 Å². The van der Waals surface area contributed by atoms with Crippen LogP contribution in [0.2, 0.25) is 5.02 Å². The van der Waals surface area contributed by atoms with Crippen molar-refractivity contribution in [2.45, 2.75) is 58.3 Å². The number of halogens is 4. The number of ketones is 1. The minimum Gasteiger partial charge on any atom is -0.299 e. The second-order valence-electron chi connectivity index (χ2n) is 9.59. The molecule has 0 radical (unpaired) electrons. The molecule has 1 N–H and O–H groups in total. The number of alkyl halides is 2. The lowest BCUT2D eigenvalue weighted by Crippen LogP contribution is -2.40. The van der Waals surface area contributed by atoms with E-state index in [2.05, 4.69) is 15.0 Å². The van der Waals surface area contributed by atoms with E-state index in [0.717, 1.165) is 19.8 Å². The highest BCUT2D eigenvalue weighted by atomic mass is 35.5. The Labute approximate surface area is 205 Å². The number of Topliss-reactive ketones (excluding diaryl/α,β-unsaturated/α-hetero) is 1. The summed E-state index contributed by atoms with van der Waals surface area (Å²) in [6, 6.07) is 9.49. The van der Waals surface area contributed by atoms with E-state index < -0.39 is 22.8 Å². The van der Waals surface area contributed by atoms with E-state index in [4.69, 9.17) is 11.6 Å². The first-order valence-electron chi connectivity index (χ1n) is 11.3. The monoisotopic (exact) mass is 503 g/mol. The molecule has 1 aliphatic rings. The molecule has 1 heterocycles. The van der Waals surface area contributed by atoms with Crippen molar-refractivity contribution in [2.24, 2.45) is 5.41 Å². The van der Waals surface area contributed by atoms with Gasteiger partial charge in [0.05, 0.1) is 10.4 Å². The summed E-state index contributed by atoms with van der Waals surface area (Å²) in [7, 11) is 0. The topological polar surface area (TPSA) is 75.7 Å². The van der Waals surface area contributed by atoms with E-state index in [9.17, 15) is 22.8 Å². The number of benzene rings is 2. The van der Waals surface area contributed by atoms with Crippen LogP contribution in [0.5, 0.6) is 0 Å². The molecule has 4 rings (SSSR count). The second-order valence-corrected chi connectivity index (χ2v) is 9.99. The fourth-order valence-corrected chi connectivity index (χ4v) is 3.96. The maximum atomic E-state index is 14.2. The fraction of sp³-hybridized carbons (Fsp3) is 0.385. The van der Waals surface area contributed by atoms with E-state index in [0.29, 0.717) is 27.3 Å². The zero-order valence-corrected chi connectivity index (χ0v) is 20.3. The first-order chi connectivity index (χ1) is 16.4. The maximum Gasteiger partial charge on any atom is 0.348 e. The molecule has 9 heteroatoms. The number of carbonyl (C=O) groups excluding carboxylic acids is 1. The number of aromatic amines is 1. The van der Waals surface area contributed by atoms with Crippen LogP contribution >= 0.6 is 11.6 Å². The first-order valence-corrected chi connectivity index (χ1v) is 11.7. The van der Waals surface area contributed by atoms with Gasteiger partial charge in [-0.2, -0.15) is 4.98 Å². The lowest BCUT2D eigenvalue weighted by atomic mass is 9.80. The number of nitrogens with one attached hydrogen (secondary N) is 1. The van der Waals surface area contributed by atoms with Gasteiger partial charge in [0.2, 0.25) is 0 Å². The number of aromatic nitrogens is 3. The molecule has 2 aromatic carbocycles. The second kappa shape index (κ2) is 9.22. The van der Waals surface area contributed by atoms with Crippen LogP contribution in [0.3, 0.4) is 0 Å². The third-order valence-corrected chi connectivity index (χ3v) is 6.97. The number of aryl methyl sites for hydroxylation is 1. The molecule has 0 atom stereocenters. The molecule has 35 heavy (non-hydrogen) atoms. The van der Waals surface area contributed by atoms with Crippen LogP contribution in [-0.4, -0.2) is 26.7 Å². The lowest BCUT2D eigenvalue weighted by molar-refractivity contribution is -0.149. The molecule has 184 valence electrons. The van der Waals surface area contributed by atoms with E-state index in [1.807, 2.05) is 0 Å². The molecule has 1 aromatic heterocycles. The Morgan fingerprint density at radius 1 is 1.11 bits per heavy atom. The molecular formula is C26H25ClF3N3O2. The summed E-state index contributed by atoms with van der Waals surface area (Å²) >= 11 is 6.37. The molecule has 0 amide bonds. The van der Waals surface area contributed by atoms with Gasteiger partial charge in [-0.05, 0) is 80.5 Å². The van der Waals surface area contributed by atoms with Gasteiger partial charge in [-0.3, -0.25) is 9.78 Å². The number of rotatable bonds is 8. The Hall–Kier alpha value is -3.00. The zero-order chi connectivity index (χ0) is 25.5. The summed E-state index contributed by atoms with van der Waals surface area (Å²) in [5, 5.41) is 0.304. The highest BCUT2D eigenvalue weighted by molar-refractivity contribution is 6.33. The minimum absolute atomic E-state index is 0.0808. The Bertz CT molecular complexity index is 1340. The van der Waals surface area contributed by atoms with Crippen molar-refractivity contribution in [3.05, 3.63) is 68.8 Å². The summed E-state index contributed by atoms with van der Waals surface area (Å²) < 4.78 is 41.8. The van der Waals surface area contributed by atoms with Crippen LogP contribution in [0.15, 0.2) is 41.2 Å². The van der Waals surface area contributed by atoms with Crippen LogP contribution < -0.4 is 5.69 Å². The molecule has 1 saturated carbocycles. The van der Waals surface area contributed by atoms with Crippen molar-refractivity contribution in [2.75, 3.05) is 0 Å². The quantitative estimate of drug-likeness (QED) is 0.388. The molecule has 5 nitrogen and oxygen atoms in total. The lowest BCUT2D eigenvalue weighted by Gasteiger charge is -2.29. The number of hydrogen-bond acceptors (Lipinski definition) is 4. The van der Waals surface area contributed by atoms with Gasteiger partial charge in [0.25, 0.3) is 5.92 Å². The number of hydrogen-bond donors (Lipinski definition) is 1. The van der Waals surface area contributed by atoms with Crippen molar-refractivity contribution in [3.63, 3.8) is 0 Å². The van der Waals surface area contributed by atoms with Gasteiger partial charge in [-0.15, -0.1) is 0 Å². The highest BCUT2D eigenvalue weighted by Crippen LogP contribution is 2.42. The molecule has 0 spiro atoms. The first kappa shape index (κ1) is 25.1. The smallest absolute Gasteiger partial charge is 0.299 e. The van der Waals surface area contributed by atoms with E-state index >= 15 is 0 Å². The van der Waals surface area contributed by atoms with Crippen molar-refractivity contribution in [1.29, 1.82) is 0 Å². The van der Waals surface area contributed by atoms with Crippen LogP contribution in [0, 0.1) is 11.2 Å². The maximum absolute atomic E-state index is 14.2. The van der Waals surface area contributed by atoms with Gasteiger partial charge in [-0.1, -0.05) is 17.7 Å². The largest absolute Gasteiger partial charge is 0.348 e. The third-order valence-electron chi connectivity index (χ3n) is 6.64. The van der Waals surface area contributed by atoms with Crippen LogP contribution in [0.1, 0.15) is 57.1 Å². The standard InChI is InChI=1S/C26H25ClF3N3O2/c1-25(2,26(3,29)30)21(34)11-5-14-4-9-19(27)18(12-14)23-31-22(32-24(35)33-23)16-8-10-20(28)17(13-16)15-6-7-15/h4,8-10,12-13,15H,5-7,11H2,1-3H3,(H,31,32,33,35). The van der Waals surface area contributed by atoms with Crippen LogP contribution in [0.25, 0.3) is 22.8 Å². The summed E-state index contributed by atoms with van der Waals surface area (Å²) in [6.07, 6.45) is 1.97. The van der Waals surface area contributed by atoms with Gasteiger partial charge >= 0.3 is 5.69 Å². The van der Waals surface area contributed by atoms with Crippen molar-refractivity contribution in [3.8, 4) is 22.8 Å². The predicted molar refractivity (Wildman–Crippen MR) is 128 cm³/mol. The van der Waals surface area contributed by atoms with Crippen molar-refractivity contribution < 1.29 is 18.0 Å². The molecule has 1 fully saturated rings. The van der Waals surface area contributed by atoms with Gasteiger partial charge in [0.1, 0.15) is 17.4 Å². The third kappa shape index (κ3) is 5.32. The summed E-state index contributed by atoms with van der Waals surface area (Å²) in [5.41, 5.74) is -0.261. The molecular weight excluding hydrogens is 479 g/mol. The molecule has 3 aromatic rings. The molecule has 0 aliphatic heterocycles. The highest BCUT2D eigenvalue weighted by Gasteiger charge is 2.47. The SMILES string of the molecule is CC(F)(F)C(C)(C)C(=O)CCc1ccc(Cl)c(-c2nc(-c3ccc(F)c(C4CC4)c3)nc(=O)[nH]2)c1. The zero-order valence-electron chi connectivity index (χ0n) is 19.6. The van der Waals surface area contributed by atoms with Crippen molar-refractivity contribution in [1.82, 2.24) is 15.0 Å². The van der Waals surface area contributed by atoms with Gasteiger partial charge in [0.15, 0.2) is 5.82 Å². The normalized spacial score (nSPS) is 14.3. The number of carbonyl (C=O) groups is 1. The average molecular weight is 504 g/mol.